The Morgan fingerprint density at radius 2 is 1.59 bits per heavy atom. The zero-order valence-corrected chi connectivity index (χ0v) is 16.0. The molecule has 0 atom stereocenters. The summed E-state index contributed by atoms with van der Waals surface area (Å²) in [4.78, 5) is 29.0. The fourth-order valence-corrected chi connectivity index (χ4v) is 3.09. The maximum atomic E-state index is 12.3. The molecule has 2 aromatic heterocycles. The SMILES string of the molecule is Cc1cc(C)n(-c2ccc(C(=O)NNC(=O)c3ccc4ccccc4n3)cc2)n1. The molecule has 0 radical (unpaired) electrons. The summed E-state index contributed by atoms with van der Waals surface area (Å²) in [5.74, 6) is -0.901. The lowest BCUT2D eigenvalue weighted by atomic mass is 10.2. The van der Waals surface area contributed by atoms with Gasteiger partial charge in [-0.25, -0.2) is 9.67 Å². The molecule has 0 aliphatic heterocycles. The van der Waals surface area contributed by atoms with E-state index in [9.17, 15) is 9.59 Å². The Hall–Kier alpha value is -4.00. The predicted octanol–water partition coefficient (Wildman–Crippen LogP) is 3.11. The number of amides is 2. The van der Waals surface area contributed by atoms with Crippen molar-refractivity contribution < 1.29 is 9.59 Å². The smallest absolute Gasteiger partial charge is 0.267 e. The Labute approximate surface area is 167 Å². The van der Waals surface area contributed by atoms with Crippen molar-refractivity contribution in [1.29, 1.82) is 0 Å². The monoisotopic (exact) mass is 385 g/mol. The van der Waals surface area contributed by atoms with Gasteiger partial charge in [-0.05, 0) is 56.3 Å². The summed E-state index contributed by atoms with van der Waals surface area (Å²) in [7, 11) is 0. The number of nitrogens with one attached hydrogen (secondary N) is 2. The van der Waals surface area contributed by atoms with Crippen LogP contribution in [0.1, 0.15) is 32.2 Å². The van der Waals surface area contributed by atoms with Crippen molar-refractivity contribution >= 4 is 22.7 Å². The van der Waals surface area contributed by atoms with Crippen molar-refractivity contribution in [2.45, 2.75) is 13.8 Å². The van der Waals surface area contributed by atoms with Crippen molar-refractivity contribution in [2.75, 3.05) is 0 Å². The van der Waals surface area contributed by atoms with Crippen molar-refractivity contribution in [2.24, 2.45) is 0 Å². The highest BCUT2D eigenvalue weighted by Crippen LogP contribution is 2.13. The molecule has 2 N–H and O–H groups in total. The number of hydrazine groups is 1. The summed E-state index contributed by atoms with van der Waals surface area (Å²) in [5.41, 5.74) is 8.97. The van der Waals surface area contributed by atoms with Crippen LogP contribution in [-0.4, -0.2) is 26.6 Å². The van der Waals surface area contributed by atoms with E-state index >= 15 is 0 Å². The zero-order chi connectivity index (χ0) is 20.4. The van der Waals surface area contributed by atoms with Crippen LogP contribution >= 0.6 is 0 Å². The largest absolute Gasteiger partial charge is 0.288 e. The van der Waals surface area contributed by atoms with E-state index in [1.807, 2.05) is 54.9 Å². The highest BCUT2D eigenvalue weighted by molar-refractivity contribution is 5.99. The van der Waals surface area contributed by atoms with E-state index in [4.69, 9.17) is 0 Å². The molecule has 0 bridgehead atoms. The highest BCUT2D eigenvalue weighted by Gasteiger charge is 2.11. The first-order valence-corrected chi connectivity index (χ1v) is 9.11. The molecule has 0 aliphatic carbocycles. The number of pyridine rings is 1. The molecular formula is C22H19N5O2. The Kier molecular flexibility index (Phi) is 4.78. The molecule has 0 saturated carbocycles. The molecule has 0 aliphatic rings. The number of carbonyl (C=O) groups is 2. The molecule has 144 valence electrons. The van der Waals surface area contributed by atoms with E-state index in [2.05, 4.69) is 20.9 Å². The summed E-state index contributed by atoms with van der Waals surface area (Å²) >= 11 is 0. The molecule has 4 rings (SSSR count). The van der Waals surface area contributed by atoms with Gasteiger partial charge in [-0.3, -0.25) is 20.4 Å². The van der Waals surface area contributed by atoms with E-state index in [-0.39, 0.29) is 5.69 Å². The third kappa shape index (κ3) is 3.84. The van der Waals surface area contributed by atoms with E-state index in [0.717, 1.165) is 22.5 Å². The molecule has 7 nitrogen and oxygen atoms in total. The summed E-state index contributed by atoms with van der Waals surface area (Å²) in [5, 5.41) is 5.36. The second-order valence-electron chi connectivity index (χ2n) is 6.68. The summed E-state index contributed by atoms with van der Waals surface area (Å²) < 4.78 is 1.81. The Balaban J connectivity index is 1.42. The minimum absolute atomic E-state index is 0.226. The molecular weight excluding hydrogens is 366 g/mol. The van der Waals surface area contributed by atoms with Gasteiger partial charge in [0.1, 0.15) is 5.69 Å². The molecule has 0 spiro atoms. The standard InChI is InChI=1S/C22H19N5O2/c1-14-13-15(2)27(26-14)18-10-7-17(8-11-18)21(28)24-25-22(29)20-12-9-16-5-3-4-6-19(16)23-20/h3-13H,1-2H3,(H,24,28)(H,25,29). The van der Waals surface area contributed by atoms with Crippen LogP contribution in [0.5, 0.6) is 0 Å². The molecule has 7 heteroatoms. The molecule has 29 heavy (non-hydrogen) atoms. The van der Waals surface area contributed by atoms with Crippen LogP contribution in [0.2, 0.25) is 0 Å². The van der Waals surface area contributed by atoms with Crippen molar-refractivity contribution in [1.82, 2.24) is 25.6 Å². The molecule has 2 heterocycles. The van der Waals surface area contributed by atoms with Gasteiger partial charge in [-0.1, -0.05) is 24.3 Å². The summed E-state index contributed by atoms with van der Waals surface area (Å²) in [6.07, 6.45) is 0. The molecule has 0 unspecified atom stereocenters. The molecule has 0 saturated heterocycles. The number of rotatable bonds is 3. The lowest BCUT2D eigenvalue weighted by molar-refractivity contribution is 0.0844. The van der Waals surface area contributed by atoms with Crippen LogP contribution in [-0.2, 0) is 0 Å². The summed E-state index contributed by atoms with van der Waals surface area (Å²) in [6, 6.07) is 19.9. The maximum Gasteiger partial charge on any atom is 0.288 e. The van der Waals surface area contributed by atoms with Gasteiger partial charge in [-0.2, -0.15) is 5.10 Å². The first-order chi connectivity index (χ1) is 14.0. The van der Waals surface area contributed by atoms with E-state index in [0.29, 0.717) is 11.1 Å². The Morgan fingerprint density at radius 3 is 2.31 bits per heavy atom. The number of carbonyl (C=O) groups excluding carboxylic acids is 2. The predicted molar refractivity (Wildman–Crippen MR) is 110 cm³/mol. The fraction of sp³-hybridized carbons (Fsp3) is 0.0909. The van der Waals surface area contributed by atoms with Gasteiger partial charge in [0.2, 0.25) is 0 Å². The number of aryl methyl sites for hydroxylation is 2. The van der Waals surface area contributed by atoms with Crippen molar-refractivity contribution in [3.05, 3.63) is 89.4 Å². The van der Waals surface area contributed by atoms with Gasteiger partial charge in [-0.15, -0.1) is 0 Å². The second-order valence-corrected chi connectivity index (χ2v) is 6.68. The molecule has 2 amide bonds. The first kappa shape index (κ1) is 18.4. The highest BCUT2D eigenvalue weighted by atomic mass is 16.2. The normalized spacial score (nSPS) is 10.7. The minimum atomic E-state index is -0.483. The topological polar surface area (TPSA) is 88.9 Å². The van der Waals surface area contributed by atoms with Gasteiger partial charge >= 0.3 is 0 Å². The summed E-state index contributed by atoms with van der Waals surface area (Å²) in [6.45, 7) is 3.90. The van der Waals surface area contributed by atoms with Crippen LogP contribution in [0.4, 0.5) is 0 Å². The van der Waals surface area contributed by atoms with Crippen LogP contribution in [0.3, 0.4) is 0 Å². The lowest BCUT2D eigenvalue weighted by Crippen LogP contribution is -2.41. The van der Waals surface area contributed by atoms with Gasteiger partial charge in [0, 0.05) is 16.6 Å². The third-order valence-corrected chi connectivity index (χ3v) is 4.50. The second kappa shape index (κ2) is 7.55. The first-order valence-electron chi connectivity index (χ1n) is 9.11. The number of para-hydroxylation sites is 1. The van der Waals surface area contributed by atoms with Gasteiger partial charge in [0.05, 0.1) is 16.9 Å². The van der Waals surface area contributed by atoms with Gasteiger partial charge in [0.15, 0.2) is 0 Å². The Bertz CT molecular complexity index is 1210. The van der Waals surface area contributed by atoms with Crippen molar-refractivity contribution in [3.63, 3.8) is 0 Å². The quantitative estimate of drug-likeness (QED) is 0.531. The van der Waals surface area contributed by atoms with E-state index in [1.54, 1.807) is 30.3 Å². The number of nitrogens with zero attached hydrogens (tertiary/aromatic N) is 3. The number of hydrogen-bond acceptors (Lipinski definition) is 4. The fourth-order valence-electron chi connectivity index (χ4n) is 3.09. The van der Waals surface area contributed by atoms with Gasteiger partial charge in [0.25, 0.3) is 11.8 Å². The number of fused-ring (bicyclic) bond motifs is 1. The third-order valence-electron chi connectivity index (χ3n) is 4.50. The number of hydrogen-bond donors (Lipinski definition) is 2. The lowest BCUT2D eigenvalue weighted by Gasteiger charge is -2.09. The van der Waals surface area contributed by atoms with Crippen molar-refractivity contribution in [3.8, 4) is 5.69 Å². The van der Waals surface area contributed by atoms with Crippen LogP contribution in [0.25, 0.3) is 16.6 Å². The van der Waals surface area contributed by atoms with Crippen LogP contribution in [0.15, 0.2) is 66.7 Å². The van der Waals surface area contributed by atoms with Gasteiger partial charge < -0.3 is 0 Å². The zero-order valence-electron chi connectivity index (χ0n) is 16.0. The maximum absolute atomic E-state index is 12.3. The van der Waals surface area contributed by atoms with Crippen LogP contribution in [0, 0.1) is 13.8 Å². The molecule has 0 fully saturated rings. The Morgan fingerprint density at radius 1 is 0.862 bits per heavy atom. The van der Waals surface area contributed by atoms with E-state index in [1.165, 1.54) is 0 Å². The average molecular weight is 385 g/mol. The van der Waals surface area contributed by atoms with E-state index < -0.39 is 11.8 Å². The average Bonchev–Trinajstić information content (AvgIpc) is 3.09. The number of aromatic nitrogens is 3. The molecule has 4 aromatic rings. The number of benzene rings is 2. The van der Waals surface area contributed by atoms with Crippen LogP contribution < -0.4 is 10.9 Å². The minimum Gasteiger partial charge on any atom is -0.267 e. The molecule has 2 aromatic carbocycles.